The zero-order valence-corrected chi connectivity index (χ0v) is 17.0. The molecule has 0 unspecified atom stereocenters. The van der Waals surface area contributed by atoms with E-state index < -0.39 is 23.0 Å². The Bertz CT molecular complexity index is 1530. The standard InChI is InChI=1S/C21H15F2N9O/c1-10-29-30-31-32(10)12-4-2-3-11(7-12)28-21-16-13(8-25-20(16)26-9-27-21)19(33)17-14(22)5-6-15(24)18(17)23/h2-9H,24H2,1H3,(H2,25,26,27,28). The zero-order chi connectivity index (χ0) is 23.1. The molecule has 0 amide bonds. The van der Waals surface area contributed by atoms with Crippen LogP contribution in [0.4, 0.5) is 26.0 Å². The fourth-order valence-corrected chi connectivity index (χ4v) is 3.47. The molecule has 0 aliphatic carbocycles. The van der Waals surface area contributed by atoms with Crippen molar-refractivity contribution >= 4 is 34.0 Å². The highest BCUT2D eigenvalue weighted by molar-refractivity contribution is 6.18. The molecule has 0 atom stereocenters. The number of fused-ring (bicyclic) bond motifs is 1. The Hall–Kier alpha value is -4.74. The molecule has 0 bridgehead atoms. The molecule has 10 nitrogen and oxygen atoms in total. The van der Waals surface area contributed by atoms with Crippen molar-refractivity contribution in [3.05, 3.63) is 77.5 Å². The van der Waals surface area contributed by atoms with Crippen LogP contribution in [0, 0.1) is 18.6 Å². The number of H-pyrrole nitrogens is 1. The number of tetrazole rings is 1. The van der Waals surface area contributed by atoms with Gasteiger partial charge in [-0.1, -0.05) is 6.07 Å². The number of hydrogen-bond acceptors (Lipinski definition) is 8. The average molecular weight is 447 g/mol. The van der Waals surface area contributed by atoms with Crippen LogP contribution in [0.25, 0.3) is 16.7 Å². The number of carbonyl (C=O) groups is 1. The summed E-state index contributed by atoms with van der Waals surface area (Å²) in [6.45, 7) is 1.76. The molecule has 5 aromatic rings. The first-order valence-electron chi connectivity index (χ1n) is 9.66. The van der Waals surface area contributed by atoms with Crippen LogP contribution in [0.3, 0.4) is 0 Å². The van der Waals surface area contributed by atoms with Crippen molar-refractivity contribution in [2.24, 2.45) is 0 Å². The Balaban J connectivity index is 1.58. The molecular weight excluding hydrogens is 432 g/mol. The van der Waals surface area contributed by atoms with E-state index in [1.54, 1.807) is 29.8 Å². The van der Waals surface area contributed by atoms with Gasteiger partial charge in [0.1, 0.15) is 23.6 Å². The molecule has 0 spiro atoms. The number of aromatic nitrogens is 7. The first-order chi connectivity index (χ1) is 15.9. The van der Waals surface area contributed by atoms with Crippen molar-refractivity contribution in [2.75, 3.05) is 11.1 Å². The molecule has 3 heterocycles. The Kier molecular flexibility index (Phi) is 4.74. The number of hydrogen-bond donors (Lipinski definition) is 3. The molecule has 0 saturated heterocycles. The number of nitrogen functional groups attached to an aromatic ring is 1. The minimum atomic E-state index is -1.12. The lowest BCUT2D eigenvalue weighted by molar-refractivity contribution is 0.103. The summed E-state index contributed by atoms with van der Waals surface area (Å²) >= 11 is 0. The molecule has 0 saturated carbocycles. The highest BCUT2D eigenvalue weighted by Gasteiger charge is 2.25. The van der Waals surface area contributed by atoms with E-state index >= 15 is 0 Å². The van der Waals surface area contributed by atoms with E-state index in [0.29, 0.717) is 22.8 Å². The monoisotopic (exact) mass is 447 g/mol. The summed E-state index contributed by atoms with van der Waals surface area (Å²) in [5, 5.41) is 14.8. The van der Waals surface area contributed by atoms with Crippen molar-refractivity contribution in [3.63, 3.8) is 0 Å². The van der Waals surface area contributed by atoms with Gasteiger partial charge in [0.15, 0.2) is 11.6 Å². The van der Waals surface area contributed by atoms with Crippen LogP contribution in [0.15, 0.2) is 48.9 Å². The summed E-state index contributed by atoms with van der Waals surface area (Å²) in [6, 6.07) is 9.18. The van der Waals surface area contributed by atoms with Crippen molar-refractivity contribution in [1.82, 2.24) is 35.2 Å². The summed E-state index contributed by atoms with van der Waals surface area (Å²) < 4.78 is 30.4. The van der Waals surface area contributed by atoms with Crippen molar-refractivity contribution in [1.29, 1.82) is 0 Å². The highest BCUT2D eigenvalue weighted by Crippen LogP contribution is 2.30. The van der Waals surface area contributed by atoms with Gasteiger partial charge in [0, 0.05) is 11.9 Å². The third-order valence-corrected chi connectivity index (χ3v) is 5.04. The molecule has 33 heavy (non-hydrogen) atoms. The van der Waals surface area contributed by atoms with Gasteiger partial charge in [0.2, 0.25) is 5.78 Å². The number of aromatic amines is 1. The summed E-state index contributed by atoms with van der Waals surface area (Å²) in [4.78, 5) is 24.3. The smallest absolute Gasteiger partial charge is 0.201 e. The van der Waals surface area contributed by atoms with Crippen molar-refractivity contribution < 1.29 is 13.6 Å². The summed E-state index contributed by atoms with van der Waals surface area (Å²) in [5.41, 5.74) is 6.07. The first kappa shape index (κ1) is 20.2. The van der Waals surface area contributed by atoms with Crippen LogP contribution in [-0.4, -0.2) is 40.9 Å². The number of nitrogens with one attached hydrogen (secondary N) is 2. The van der Waals surface area contributed by atoms with Crippen LogP contribution in [0.5, 0.6) is 0 Å². The highest BCUT2D eigenvalue weighted by atomic mass is 19.1. The molecule has 3 aromatic heterocycles. The molecular formula is C21H15F2N9O. The Labute approximate surface area is 184 Å². The van der Waals surface area contributed by atoms with Gasteiger partial charge in [0.05, 0.1) is 27.9 Å². The van der Waals surface area contributed by atoms with Gasteiger partial charge in [-0.2, -0.15) is 4.68 Å². The van der Waals surface area contributed by atoms with Gasteiger partial charge in [0.25, 0.3) is 0 Å². The van der Waals surface area contributed by atoms with Gasteiger partial charge < -0.3 is 16.0 Å². The lowest BCUT2D eigenvalue weighted by atomic mass is 10.0. The van der Waals surface area contributed by atoms with Crippen LogP contribution in [0.2, 0.25) is 0 Å². The number of carbonyl (C=O) groups excluding carboxylic acids is 1. The molecule has 0 aliphatic heterocycles. The largest absolute Gasteiger partial charge is 0.396 e. The molecule has 4 N–H and O–H groups in total. The Morgan fingerprint density at radius 1 is 1.18 bits per heavy atom. The van der Waals surface area contributed by atoms with Gasteiger partial charge in [-0.3, -0.25) is 4.79 Å². The summed E-state index contributed by atoms with van der Waals surface area (Å²) in [7, 11) is 0. The van der Waals surface area contributed by atoms with Crippen molar-refractivity contribution in [2.45, 2.75) is 6.92 Å². The number of anilines is 3. The van der Waals surface area contributed by atoms with Crippen molar-refractivity contribution in [3.8, 4) is 5.69 Å². The van der Waals surface area contributed by atoms with Crippen LogP contribution >= 0.6 is 0 Å². The van der Waals surface area contributed by atoms with E-state index in [1.807, 2.05) is 6.07 Å². The first-order valence-corrected chi connectivity index (χ1v) is 9.66. The quantitative estimate of drug-likeness (QED) is 0.276. The predicted octanol–water partition coefficient (Wildman–Crippen LogP) is 3.08. The molecule has 5 rings (SSSR count). The average Bonchev–Trinajstić information content (AvgIpc) is 3.43. The number of rotatable bonds is 5. The van der Waals surface area contributed by atoms with E-state index in [0.717, 1.165) is 12.1 Å². The molecule has 0 fully saturated rings. The second-order valence-electron chi connectivity index (χ2n) is 7.12. The van der Waals surface area contributed by atoms with Crippen LogP contribution < -0.4 is 11.1 Å². The zero-order valence-electron chi connectivity index (χ0n) is 17.0. The number of nitrogens with zero attached hydrogens (tertiary/aromatic N) is 6. The SMILES string of the molecule is Cc1nnnn1-c1cccc(Nc2ncnc3[nH]cc(C(=O)c4c(F)ccc(N)c4F)c23)c1. The topological polar surface area (TPSA) is 140 Å². The minimum Gasteiger partial charge on any atom is -0.396 e. The fourth-order valence-electron chi connectivity index (χ4n) is 3.47. The second-order valence-corrected chi connectivity index (χ2v) is 7.12. The molecule has 0 radical (unpaired) electrons. The number of aryl methyl sites for hydroxylation is 1. The summed E-state index contributed by atoms with van der Waals surface area (Å²) in [5.74, 6) is -2.16. The van der Waals surface area contributed by atoms with E-state index in [9.17, 15) is 13.6 Å². The number of halogens is 2. The lowest BCUT2D eigenvalue weighted by Gasteiger charge is -2.10. The summed E-state index contributed by atoms with van der Waals surface area (Å²) in [6.07, 6.45) is 2.63. The maximum absolute atomic E-state index is 14.5. The molecule has 12 heteroatoms. The van der Waals surface area contributed by atoms with Gasteiger partial charge >= 0.3 is 0 Å². The van der Waals surface area contributed by atoms with E-state index in [-0.39, 0.29) is 22.5 Å². The minimum absolute atomic E-state index is 0.0102. The predicted molar refractivity (Wildman–Crippen MR) is 115 cm³/mol. The van der Waals surface area contributed by atoms with Crippen LogP contribution in [-0.2, 0) is 0 Å². The maximum atomic E-state index is 14.5. The third kappa shape index (κ3) is 3.43. The number of nitrogens with two attached hydrogens (primary N) is 1. The third-order valence-electron chi connectivity index (χ3n) is 5.04. The van der Waals surface area contributed by atoms with E-state index in [4.69, 9.17) is 5.73 Å². The molecule has 2 aromatic carbocycles. The number of ketones is 1. The Morgan fingerprint density at radius 3 is 2.82 bits per heavy atom. The normalized spacial score (nSPS) is 11.1. The van der Waals surface area contributed by atoms with E-state index in [1.165, 1.54) is 12.5 Å². The second kappa shape index (κ2) is 7.75. The van der Waals surface area contributed by atoms with Crippen LogP contribution in [0.1, 0.15) is 21.7 Å². The van der Waals surface area contributed by atoms with Gasteiger partial charge in [-0.05, 0) is 47.7 Å². The van der Waals surface area contributed by atoms with Gasteiger partial charge in [-0.25, -0.2) is 18.7 Å². The van der Waals surface area contributed by atoms with Gasteiger partial charge in [-0.15, -0.1) is 5.10 Å². The maximum Gasteiger partial charge on any atom is 0.201 e. The Morgan fingerprint density at radius 2 is 2.03 bits per heavy atom. The fraction of sp³-hybridized carbons (Fsp3) is 0.0476. The molecule has 0 aliphatic rings. The van der Waals surface area contributed by atoms with E-state index in [2.05, 4.69) is 35.8 Å². The lowest BCUT2D eigenvalue weighted by Crippen LogP contribution is -2.10. The molecule has 164 valence electrons. The number of benzene rings is 2.